The number of imidazole rings is 1. The van der Waals surface area contributed by atoms with Crippen LogP contribution in [0.1, 0.15) is 17.1 Å². The molecule has 178 valence electrons. The van der Waals surface area contributed by atoms with Crippen molar-refractivity contribution in [2.45, 2.75) is 31.0 Å². The van der Waals surface area contributed by atoms with Gasteiger partial charge in [0.15, 0.2) is 0 Å². The maximum Gasteiger partial charge on any atom is 0.396 e. The third kappa shape index (κ3) is 4.64. The molecule has 0 aliphatic heterocycles. The summed E-state index contributed by atoms with van der Waals surface area (Å²) in [7, 11) is -4.40. The Hall–Kier alpha value is -3.38. The lowest BCUT2D eigenvalue weighted by Crippen LogP contribution is -2.18. The number of hydrogen-bond acceptors (Lipinski definition) is 4. The van der Waals surface area contributed by atoms with E-state index >= 15 is 0 Å². The van der Waals surface area contributed by atoms with E-state index in [1.54, 1.807) is 37.3 Å². The number of nitrogens with zero attached hydrogens (tertiary/aromatic N) is 3. The molecule has 0 radical (unpaired) electrons. The van der Waals surface area contributed by atoms with E-state index in [9.17, 15) is 30.4 Å². The lowest BCUT2D eigenvalue weighted by Gasteiger charge is -2.15. The predicted octanol–water partition coefficient (Wildman–Crippen LogP) is 4.49. The number of benzene rings is 2. The lowest BCUT2D eigenvalue weighted by molar-refractivity contribution is -0.128. The van der Waals surface area contributed by atoms with Crippen molar-refractivity contribution in [2.24, 2.45) is 5.14 Å². The quantitative estimate of drug-likeness (QED) is 0.413. The van der Waals surface area contributed by atoms with Crippen LogP contribution in [0.25, 0.3) is 22.2 Å². The standard InChI is InChI=1S/C22H17F5N4O2S/c1-12-20(13-5-3-2-4-6-13)21-18(10-29-12)30-19(9-22(25,26)27)31(21)11-15-16(23)7-14(8-17(15)24)34(28,32)33/h2-8,10H,9,11H2,1H3,(H2,28,32,33). The minimum Gasteiger partial charge on any atom is -0.322 e. The summed E-state index contributed by atoms with van der Waals surface area (Å²) in [5, 5.41) is 4.94. The summed E-state index contributed by atoms with van der Waals surface area (Å²) in [5.74, 6) is -3.01. The van der Waals surface area contributed by atoms with Gasteiger partial charge >= 0.3 is 6.18 Å². The summed E-state index contributed by atoms with van der Waals surface area (Å²) >= 11 is 0. The van der Waals surface area contributed by atoms with Gasteiger partial charge in [-0.05, 0) is 24.6 Å². The maximum absolute atomic E-state index is 14.8. The molecule has 2 aromatic carbocycles. The van der Waals surface area contributed by atoms with Gasteiger partial charge < -0.3 is 4.57 Å². The Balaban J connectivity index is 1.99. The van der Waals surface area contributed by atoms with E-state index in [1.165, 1.54) is 6.20 Å². The molecule has 0 saturated heterocycles. The summed E-state index contributed by atoms with van der Waals surface area (Å²) in [6.07, 6.45) is -4.80. The number of fused-ring (bicyclic) bond motifs is 1. The van der Waals surface area contributed by atoms with Crippen LogP contribution in [-0.4, -0.2) is 29.1 Å². The van der Waals surface area contributed by atoms with Gasteiger partial charge in [-0.3, -0.25) is 4.98 Å². The van der Waals surface area contributed by atoms with Gasteiger partial charge in [0.25, 0.3) is 0 Å². The second-order valence-electron chi connectivity index (χ2n) is 7.64. The molecule has 6 nitrogen and oxygen atoms in total. The number of alkyl halides is 3. The van der Waals surface area contributed by atoms with Gasteiger partial charge in [0.2, 0.25) is 10.0 Å². The van der Waals surface area contributed by atoms with Crippen LogP contribution in [0.3, 0.4) is 0 Å². The molecule has 34 heavy (non-hydrogen) atoms. The monoisotopic (exact) mass is 496 g/mol. The molecule has 0 spiro atoms. The van der Waals surface area contributed by atoms with Crippen LogP contribution in [0.15, 0.2) is 53.6 Å². The minimum absolute atomic E-state index is 0.116. The molecular weight excluding hydrogens is 479 g/mol. The fourth-order valence-corrected chi connectivity index (χ4v) is 4.29. The van der Waals surface area contributed by atoms with Crippen molar-refractivity contribution in [2.75, 3.05) is 0 Å². The number of pyridine rings is 1. The van der Waals surface area contributed by atoms with Gasteiger partial charge in [-0.15, -0.1) is 0 Å². The predicted molar refractivity (Wildman–Crippen MR) is 114 cm³/mol. The molecule has 2 N–H and O–H groups in total. The van der Waals surface area contributed by atoms with Crippen LogP contribution >= 0.6 is 0 Å². The first kappa shape index (κ1) is 23.8. The first-order chi connectivity index (χ1) is 15.8. The summed E-state index contributed by atoms with van der Waals surface area (Å²) in [6.45, 7) is 0.985. The Morgan fingerprint density at radius 2 is 1.68 bits per heavy atom. The molecule has 0 bridgehead atoms. The zero-order chi connectivity index (χ0) is 24.8. The number of aromatic nitrogens is 3. The number of hydrogen-bond donors (Lipinski definition) is 1. The number of sulfonamides is 1. The number of rotatable bonds is 5. The van der Waals surface area contributed by atoms with Crippen LogP contribution in [-0.2, 0) is 23.0 Å². The third-order valence-corrected chi connectivity index (χ3v) is 6.13. The lowest BCUT2D eigenvalue weighted by atomic mass is 10.0. The number of primary sulfonamides is 1. The highest BCUT2D eigenvalue weighted by Gasteiger charge is 2.32. The van der Waals surface area contributed by atoms with Crippen molar-refractivity contribution in [3.05, 3.63) is 77.4 Å². The van der Waals surface area contributed by atoms with E-state index in [4.69, 9.17) is 5.14 Å². The zero-order valence-corrected chi connectivity index (χ0v) is 18.4. The van der Waals surface area contributed by atoms with E-state index in [0.29, 0.717) is 29.0 Å². The molecular formula is C22H17F5N4O2S. The Bertz CT molecular complexity index is 1480. The van der Waals surface area contributed by atoms with E-state index in [2.05, 4.69) is 9.97 Å². The van der Waals surface area contributed by atoms with Gasteiger partial charge in [-0.2, -0.15) is 13.2 Å². The summed E-state index contributed by atoms with van der Waals surface area (Å²) < 4.78 is 93.6. The van der Waals surface area contributed by atoms with Crippen LogP contribution in [0.2, 0.25) is 0 Å². The first-order valence-corrected chi connectivity index (χ1v) is 11.4. The topological polar surface area (TPSA) is 90.9 Å². The largest absolute Gasteiger partial charge is 0.396 e. The van der Waals surface area contributed by atoms with Crippen LogP contribution in [0.4, 0.5) is 22.0 Å². The number of halogens is 5. The van der Waals surface area contributed by atoms with Crippen LogP contribution in [0, 0.1) is 18.6 Å². The highest BCUT2D eigenvalue weighted by Crippen LogP contribution is 2.34. The summed E-state index contributed by atoms with van der Waals surface area (Å²) in [4.78, 5) is 7.50. The summed E-state index contributed by atoms with van der Waals surface area (Å²) in [6, 6.07) is 9.74. The Labute approximate surface area is 190 Å². The molecule has 0 saturated carbocycles. The number of aryl methyl sites for hydroxylation is 1. The minimum atomic E-state index is -4.65. The van der Waals surface area contributed by atoms with Gasteiger partial charge in [0, 0.05) is 16.8 Å². The van der Waals surface area contributed by atoms with E-state index in [-0.39, 0.29) is 11.0 Å². The average molecular weight is 496 g/mol. The molecule has 0 aliphatic carbocycles. The molecule has 4 rings (SSSR count). The van der Waals surface area contributed by atoms with Gasteiger partial charge in [-0.1, -0.05) is 30.3 Å². The molecule has 12 heteroatoms. The molecule has 4 aromatic rings. The van der Waals surface area contributed by atoms with Crippen molar-refractivity contribution in [1.29, 1.82) is 0 Å². The smallest absolute Gasteiger partial charge is 0.322 e. The summed E-state index contributed by atoms with van der Waals surface area (Å²) in [5.41, 5.74) is 1.26. The van der Waals surface area contributed by atoms with Gasteiger partial charge in [0.05, 0.1) is 23.2 Å². The van der Waals surface area contributed by atoms with Crippen molar-refractivity contribution in [3.63, 3.8) is 0 Å². The molecule has 0 aliphatic rings. The average Bonchev–Trinajstić information content (AvgIpc) is 3.05. The highest BCUT2D eigenvalue weighted by molar-refractivity contribution is 7.89. The maximum atomic E-state index is 14.8. The fraction of sp³-hybridized carbons (Fsp3) is 0.182. The fourth-order valence-electron chi connectivity index (χ4n) is 3.75. The molecule has 0 fully saturated rings. The van der Waals surface area contributed by atoms with Crippen molar-refractivity contribution in [1.82, 2.24) is 14.5 Å². The van der Waals surface area contributed by atoms with Crippen LogP contribution < -0.4 is 5.14 Å². The van der Waals surface area contributed by atoms with E-state index in [1.807, 2.05) is 0 Å². The van der Waals surface area contributed by atoms with Crippen molar-refractivity contribution < 1.29 is 30.4 Å². The van der Waals surface area contributed by atoms with Gasteiger partial charge in [-0.25, -0.2) is 27.3 Å². The number of nitrogens with two attached hydrogens (primary N) is 1. The van der Waals surface area contributed by atoms with Crippen LogP contribution in [0.5, 0.6) is 0 Å². The second-order valence-corrected chi connectivity index (χ2v) is 9.20. The SMILES string of the molecule is Cc1ncc2nc(CC(F)(F)F)n(Cc3c(F)cc(S(N)(=O)=O)cc3F)c2c1-c1ccccc1. The first-order valence-electron chi connectivity index (χ1n) is 9.83. The molecule has 2 aromatic heterocycles. The zero-order valence-electron chi connectivity index (χ0n) is 17.6. The Morgan fingerprint density at radius 1 is 1.06 bits per heavy atom. The van der Waals surface area contributed by atoms with Crippen molar-refractivity contribution in [3.8, 4) is 11.1 Å². The van der Waals surface area contributed by atoms with E-state index < -0.39 is 57.1 Å². The second kappa shape index (κ2) is 8.44. The molecule has 2 heterocycles. The highest BCUT2D eigenvalue weighted by atomic mass is 32.2. The van der Waals surface area contributed by atoms with Crippen molar-refractivity contribution >= 4 is 21.1 Å². The molecule has 0 unspecified atom stereocenters. The molecule has 0 amide bonds. The Morgan fingerprint density at radius 3 is 2.24 bits per heavy atom. The Kier molecular flexibility index (Phi) is 5.90. The van der Waals surface area contributed by atoms with Gasteiger partial charge in [0.1, 0.15) is 29.4 Å². The molecule has 0 atom stereocenters. The van der Waals surface area contributed by atoms with E-state index in [0.717, 1.165) is 4.57 Å². The third-order valence-electron chi connectivity index (χ3n) is 5.23. The normalized spacial score (nSPS) is 12.4.